The average Bonchev–Trinajstić information content (AvgIpc) is 2.86. The van der Waals surface area contributed by atoms with Crippen LogP contribution in [0.2, 0.25) is 0 Å². The van der Waals surface area contributed by atoms with E-state index in [1.54, 1.807) is 0 Å². The molecule has 4 aliphatic carbocycles. The molecule has 0 aromatic heterocycles. The number of carbonyl (C=O) groups excluding carboxylic acids is 2. The summed E-state index contributed by atoms with van der Waals surface area (Å²) >= 11 is 7.20. The Hall–Kier alpha value is 0.300. The predicted molar refractivity (Wildman–Crippen MR) is 97.9 cm³/mol. The van der Waals surface area contributed by atoms with E-state index < -0.39 is 0 Å². The Morgan fingerprint density at radius 2 is 1.78 bits per heavy atom. The molecule has 2 nitrogen and oxygen atoms in total. The number of fused-ring (bicyclic) bond motifs is 5. The van der Waals surface area contributed by atoms with Crippen molar-refractivity contribution in [3.63, 3.8) is 0 Å². The van der Waals surface area contributed by atoms with Crippen LogP contribution in [0.15, 0.2) is 0 Å². The molecule has 0 amide bonds. The van der Waals surface area contributed by atoms with E-state index in [2.05, 4.69) is 45.7 Å². The van der Waals surface area contributed by atoms with Crippen molar-refractivity contribution in [1.82, 2.24) is 0 Å². The van der Waals surface area contributed by atoms with Gasteiger partial charge in [-0.3, -0.25) is 9.59 Å². The van der Waals surface area contributed by atoms with Crippen molar-refractivity contribution in [1.29, 1.82) is 0 Å². The third kappa shape index (κ3) is 2.22. The predicted octanol–water partition coefficient (Wildman–Crippen LogP) is 4.91. The summed E-state index contributed by atoms with van der Waals surface area (Å²) in [6.07, 6.45) is 8.08. The van der Waals surface area contributed by atoms with Crippen molar-refractivity contribution in [3.8, 4) is 0 Å². The van der Waals surface area contributed by atoms with Gasteiger partial charge in [-0.25, -0.2) is 0 Å². The van der Waals surface area contributed by atoms with Gasteiger partial charge in [0.1, 0.15) is 5.78 Å². The topological polar surface area (TPSA) is 34.1 Å². The largest absolute Gasteiger partial charge is 0.299 e. The van der Waals surface area contributed by atoms with Crippen LogP contribution in [0, 0.1) is 34.5 Å². The molecule has 0 N–H and O–H groups in total. The summed E-state index contributed by atoms with van der Waals surface area (Å²) in [5, 5.41) is 0. The highest BCUT2D eigenvalue weighted by atomic mass is 79.9. The lowest BCUT2D eigenvalue weighted by Crippen LogP contribution is -2.61. The van der Waals surface area contributed by atoms with Crippen LogP contribution in [-0.4, -0.2) is 21.2 Å². The Labute approximate surface area is 155 Å². The molecule has 0 aromatic carbocycles. The van der Waals surface area contributed by atoms with Gasteiger partial charge in [0.2, 0.25) is 0 Å². The SMILES string of the molecule is C[C@]12CCC[C@@H]1[C@@H]1CC(=O)[C@@H]3[C@H](Br)C(=O)[C@H](Br)C[C@@]3(C)[C@@H]1CC2. The van der Waals surface area contributed by atoms with E-state index in [0.717, 1.165) is 12.3 Å². The van der Waals surface area contributed by atoms with Crippen LogP contribution in [0.4, 0.5) is 0 Å². The zero-order valence-corrected chi connectivity index (χ0v) is 17.2. The van der Waals surface area contributed by atoms with E-state index in [9.17, 15) is 9.59 Å². The molecule has 4 fully saturated rings. The number of rotatable bonds is 0. The number of alkyl halides is 2. The molecule has 4 saturated carbocycles. The van der Waals surface area contributed by atoms with Crippen molar-refractivity contribution in [2.75, 3.05) is 0 Å². The molecule has 0 bridgehead atoms. The Bertz CT molecular complexity index is 562. The van der Waals surface area contributed by atoms with Gasteiger partial charge in [-0.2, -0.15) is 0 Å². The summed E-state index contributed by atoms with van der Waals surface area (Å²) in [7, 11) is 0. The second-order valence-electron chi connectivity index (χ2n) is 9.09. The van der Waals surface area contributed by atoms with Crippen molar-refractivity contribution in [2.24, 2.45) is 34.5 Å². The van der Waals surface area contributed by atoms with Crippen LogP contribution in [0.3, 0.4) is 0 Å². The summed E-state index contributed by atoms with van der Waals surface area (Å²) in [4.78, 5) is 25.1. The lowest BCUT2D eigenvalue weighted by molar-refractivity contribution is -0.155. The average molecular weight is 446 g/mol. The van der Waals surface area contributed by atoms with Crippen LogP contribution in [0.5, 0.6) is 0 Å². The number of hydrogen-bond acceptors (Lipinski definition) is 2. The van der Waals surface area contributed by atoms with E-state index in [-0.39, 0.29) is 26.8 Å². The molecule has 0 aromatic rings. The summed E-state index contributed by atoms with van der Waals surface area (Å²) in [6, 6.07) is 0. The minimum Gasteiger partial charge on any atom is -0.299 e. The molecule has 0 aliphatic heterocycles. The first-order valence-electron chi connectivity index (χ1n) is 9.12. The minimum atomic E-state index is -0.295. The summed E-state index contributed by atoms with van der Waals surface area (Å²) in [6.45, 7) is 4.77. The monoisotopic (exact) mass is 444 g/mol. The standard InChI is InChI=1S/C19H26Br2O2/c1-18-6-3-4-11(18)10-8-14(22)15-16(21)17(23)13(20)9-19(15,2)12(10)5-7-18/h10-13,15-16H,3-9H2,1-2H3/t10-,11+,12+,13+,15+,16-,18+,19-/m0/s1. The molecule has 23 heavy (non-hydrogen) atoms. The van der Waals surface area contributed by atoms with Crippen molar-refractivity contribution >= 4 is 43.4 Å². The lowest BCUT2D eigenvalue weighted by atomic mass is 9.45. The maximum absolute atomic E-state index is 13.0. The molecule has 8 atom stereocenters. The van der Waals surface area contributed by atoms with E-state index in [1.165, 1.54) is 32.1 Å². The lowest BCUT2D eigenvalue weighted by Gasteiger charge is -2.60. The van der Waals surface area contributed by atoms with E-state index >= 15 is 0 Å². The summed E-state index contributed by atoms with van der Waals surface area (Å²) in [5.41, 5.74) is 0.441. The Kier molecular flexibility index (Phi) is 3.93. The van der Waals surface area contributed by atoms with Crippen LogP contribution in [0.1, 0.15) is 58.8 Å². The maximum Gasteiger partial charge on any atom is 0.160 e. The van der Waals surface area contributed by atoms with Gasteiger partial charge in [0.15, 0.2) is 5.78 Å². The third-order valence-corrected chi connectivity index (χ3v) is 9.81. The maximum atomic E-state index is 13.0. The number of ketones is 2. The molecule has 0 spiro atoms. The summed E-state index contributed by atoms with van der Waals surface area (Å²) < 4.78 is 0. The first-order chi connectivity index (χ1) is 10.8. The third-order valence-electron chi connectivity index (χ3n) is 8.05. The summed E-state index contributed by atoms with van der Waals surface area (Å²) in [5.74, 6) is 2.28. The quantitative estimate of drug-likeness (QED) is 0.496. The first-order valence-corrected chi connectivity index (χ1v) is 11.0. The second kappa shape index (κ2) is 5.40. The highest BCUT2D eigenvalue weighted by Gasteiger charge is 2.63. The molecule has 0 saturated heterocycles. The Balaban J connectivity index is 1.73. The molecule has 0 radical (unpaired) electrons. The van der Waals surface area contributed by atoms with Gasteiger partial charge in [0.25, 0.3) is 0 Å². The molecular weight excluding hydrogens is 420 g/mol. The zero-order chi connectivity index (χ0) is 16.6. The zero-order valence-electron chi connectivity index (χ0n) is 14.0. The second-order valence-corrected chi connectivity index (χ2v) is 11.2. The Morgan fingerprint density at radius 3 is 2.52 bits per heavy atom. The van der Waals surface area contributed by atoms with Crippen LogP contribution in [0.25, 0.3) is 0 Å². The molecule has 4 rings (SSSR count). The van der Waals surface area contributed by atoms with Crippen LogP contribution < -0.4 is 0 Å². The molecule has 128 valence electrons. The number of hydrogen-bond donors (Lipinski definition) is 0. The highest BCUT2D eigenvalue weighted by Crippen LogP contribution is 2.66. The van der Waals surface area contributed by atoms with Crippen molar-refractivity contribution in [2.45, 2.75) is 68.4 Å². The molecule has 4 aliphatic rings. The number of carbonyl (C=O) groups is 2. The van der Waals surface area contributed by atoms with Gasteiger partial charge in [0.05, 0.1) is 9.65 Å². The number of Topliss-reactive ketones (excluding diaryl/α,β-unsaturated/α-hetero) is 2. The molecule has 4 heteroatoms. The molecular formula is C19H26Br2O2. The fourth-order valence-corrected chi connectivity index (χ4v) is 9.50. The van der Waals surface area contributed by atoms with Gasteiger partial charge < -0.3 is 0 Å². The fourth-order valence-electron chi connectivity index (χ4n) is 6.94. The normalized spacial score (nSPS) is 56.0. The smallest absolute Gasteiger partial charge is 0.160 e. The number of halogens is 2. The Morgan fingerprint density at radius 1 is 1.04 bits per heavy atom. The van der Waals surface area contributed by atoms with Crippen molar-refractivity contribution in [3.05, 3.63) is 0 Å². The highest BCUT2D eigenvalue weighted by molar-refractivity contribution is 9.10. The van der Waals surface area contributed by atoms with E-state index in [4.69, 9.17) is 0 Å². The van der Waals surface area contributed by atoms with Crippen LogP contribution >= 0.6 is 31.9 Å². The van der Waals surface area contributed by atoms with Crippen molar-refractivity contribution < 1.29 is 9.59 Å². The van der Waals surface area contributed by atoms with E-state index in [1.807, 2.05) is 0 Å². The van der Waals surface area contributed by atoms with Gasteiger partial charge in [-0.15, -0.1) is 0 Å². The fraction of sp³-hybridized carbons (Fsp3) is 0.895. The minimum absolute atomic E-state index is 0.0276. The van der Waals surface area contributed by atoms with Gasteiger partial charge in [0, 0.05) is 12.3 Å². The molecule has 0 heterocycles. The van der Waals surface area contributed by atoms with E-state index in [0.29, 0.717) is 29.5 Å². The van der Waals surface area contributed by atoms with Crippen LogP contribution in [-0.2, 0) is 9.59 Å². The molecule has 0 unspecified atom stereocenters. The first kappa shape index (κ1) is 16.8. The van der Waals surface area contributed by atoms with Gasteiger partial charge in [-0.05, 0) is 60.7 Å². The van der Waals surface area contributed by atoms with Gasteiger partial charge >= 0.3 is 0 Å². The van der Waals surface area contributed by atoms with Gasteiger partial charge in [-0.1, -0.05) is 52.1 Å².